The van der Waals surface area contributed by atoms with E-state index in [1.165, 1.54) is 6.42 Å². The number of nitrogens with one attached hydrogen (secondary N) is 2. The van der Waals surface area contributed by atoms with Crippen molar-refractivity contribution in [1.29, 1.82) is 0 Å². The van der Waals surface area contributed by atoms with Crippen LogP contribution in [0.4, 0.5) is 4.79 Å². The molecule has 0 aromatic carbocycles. The number of carboxylic acid groups (broad SMARTS) is 1. The van der Waals surface area contributed by atoms with Gasteiger partial charge < -0.3 is 10.4 Å². The second kappa shape index (κ2) is 6.43. The molecular formula is C14H25N3O3. The number of urea groups is 1. The molecule has 0 spiro atoms. The van der Waals surface area contributed by atoms with Gasteiger partial charge in [-0.2, -0.15) is 0 Å². The molecule has 2 aliphatic rings. The lowest BCUT2D eigenvalue weighted by molar-refractivity contribution is -0.141. The van der Waals surface area contributed by atoms with Crippen LogP contribution in [-0.4, -0.2) is 40.2 Å². The fourth-order valence-corrected chi connectivity index (χ4v) is 3.31. The van der Waals surface area contributed by atoms with Gasteiger partial charge in [0, 0.05) is 18.1 Å². The number of nitrogens with zero attached hydrogens (tertiary/aromatic N) is 1. The summed E-state index contributed by atoms with van der Waals surface area (Å²) in [5.74, 6) is -1.07. The van der Waals surface area contributed by atoms with Crippen molar-refractivity contribution in [2.75, 3.05) is 0 Å². The van der Waals surface area contributed by atoms with Crippen LogP contribution >= 0.6 is 0 Å². The van der Waals surface area contributed by atoms with E-state index in [-0.39, 0.29) is 18.0 Å². The fraction of sp³-hybridized carbons (Fsp3) is 0.857. The van der Waals surface area contributed by atoms with E-state index in [0.717, 1.165) is 19.3 Å². The van der Waals surface area contributed by atoms with E-state index in [9.17, 15) is 9.59 Å². The topological polar surface area (TPSA) is 81.7 Å². The van der Waals surface area contributed by atoms with Crippen LogP contribution in [0.25, 0.3) is 0 Å². The summed E-state index contributed by atoms with van der Waals surface area (Å²) in [6.07, 6.45) is 5.31. The van der Waals surface area contributed by atoms with Gasteiger partial charge in [-0.25, -0.2) is 9.80 Å². The van der Waals surface area contributed by atoms with Crippen LogP contribution in [0.5, 0.6) is 0 Å². The largest absolute Gasteiger partial charge is 0.481 e. The van der Waals surface area contributed by atoms with Gasteiger partial charge in [-0.05, 0) is 46.0 Å². The first-order chi connectivity index (χ1) is 9.47. The minimum absolute atomic E-state index is 0.0218. The highest BCUT2D eigenvalue weighted by Gasteiger charge is 2.31. The molecule has 1 saturated carbocycles. The number of rotatable bonds is 3. The van der Waals surface area contributed by atoms with E-state index < -0.39 is 5.97 Å². The Balaban J connectivity index is 1.79. The Morgan fingerprint density at radius 2 is 1.75 bits per heavy atom. The quantitative estimate of drug-likeness (QED) is 0.736. The van der Waals surface area contributed by atoms with Crippen molar-refractivity contribution in [2.45, 2.75) is 70.5 Å². The van der Waals surface area contributed by atoms with E-state index in [1.54, 1.807) is 0 Å². The third-order valence-electron chi connectivity index (χ3n) is 4.54. The Morgan fingerprint density at radius 3 is 2.30 bits per heavy atom. The SMILES string of the molecule is CC1CCCC(C)N1NC(=O)N[C@H]1CC[C@@H](C(=O)O)C1. The fourth-order valence-electron chi connectivity index (χ4n) is 3.31. The smallest absolute Gasteiger partial charge is 0.329 e. The maximum atomic E-state index is 12.0. The average Bonchev–Trinajstić information content (AvgIpc) is 2.82. The molecule has 2 rings (SSSR count). The molecule has 6 nitrogen and oxygen atoms in total. The lowest BCUT2D eigenvalue weighted by Crippen LogP contribution is -2.57. The van der Waals surface area contributed by atoms with Gasteiger partial charge in [0.1, 0.15) is 0 Å². The number of carbonyl (C=O) groups excluding carboxylic acids is 1. The molecule has 2 fully saturated rings. The van der Waals surface area contributed by atoms with E-state index in [4.69, 9.17) is 5.11 Å². The molecule has 4 atom stereocenters. The number of carboxylic acids is 1. The number of hydrogen-bond donors (Lipinski definition) is 3. The van der Waals surface area contributed by atoms with Crippen LogP contribution < -0.4 is 10.7 Å². The predicted molar refractivity (Wildman–Crippen MR) is 75.0 cm³/mol. The van der Waals surface area contributed by atoms with Gasteiger partial charge in [0.25, 0.3) is 0 Å². The summed E-state index contributed by atoms with van der Waals surface area (Å²) in [6.45, 7) is 4.23. The van der Waals surface area contributed by atoms with E-state index >= 15 is 0 Å². The molecule has 20 heavy (non-hydrogen) atoms. The Labute approximate surface area is 119 Å². The molecule has 1 heterocycles. The molecule has 1 aliphatic carbocycles. The van der Waals surface area contributed by atoms with E-state index in [1.807, 2.05) is 5.01 Å². The molecular weight excluding hydrogens is 258 g/mol. The molecule has 0 bridgehead atoms. The van der Waals surface area contributed by atoms with Gasteiger partial charge in [-0.15, -0.1) is 0 Å². The summed E-state index contributed by atoms with van der Waals surface area (Å²) < 4.78 is 0. The zero-order chi connectivity index (χ0) is 14.7. The summed E-state index contributed by atoms with van der Waals surface area (Å²) >= 11 is 0. The van der Waals surface area contributed by atoms with Crippen LogP contribution in [0.15, 0.2) is 0 Å². The van der Waals surface area contributed by atoms with E-state index in [0.29, 0.717) is 24.9 Å². The van der Waals surface area contributed by atoms with Gasteiger partial charge in [-0.3, -0.25) is 10.2 Å². The van der Waals surface area contributed by atoms with Crippen molar-refractivity contribution in [3.8, 4) is 0 Å². The number of hydrogen-bond acceptors (Lipinski definition) is 3. The molecule has 6 heteroatoms. The number of hydrazine groups is 1. The highest BCUT2D eigenvalue weighted by atomic mass is 16.4. The summed E-state index contributed by atoms with van der Waals surface area (Å²) in [4.78, 5) is 22.9. The Kier molecular flexibility index (Phi) is 4.86. The van der Waals surface area contributed by atoms with Crippen LogP contribution in [-0.2, 0) is 4.79 Å². The van der Waals surface area contributed by atoms with E-state index in [2.05, 4.69) is 24.6 Å². The second-order valence-corrected chi connectivity index (χ2v) is 6.17. The maximum Gasteiger partial charge on any atom is 0.329 e. The molecule has 1 aliphatic heterocycles. The summed E-state index contributed by atoms with van der Waals surface area (Å²) in [5, 5.41) is 13.9. The minimum Gasteiger partial charge on any atom is -0.481 e. The minimum atomic E-state index is -0.756. The van der Waals surface area contributed by atoms with Crippen LogP contribution in [0.3, 0.4) is 0 Å². The zero-order valence-electron chi connectivity index (χ0n) is 12.3. The molecule has 0 aromatic heterocycles. The third kappa shape index (κ3) is 3.62. The lowest BCUT2D eigenvalue weighted by Gasteiger charge is -2.38. The lowest BCUT2D eigenvalue weighted by atomic mass is 10.00. The van der Waals surface area contributed by atoms with Crippen molar-refractivity contribution >= 4 is 12.0 Å². The molecule has 0 radical (unpaired) electrons. The van der Waals surface area contributed by atoms with Crippen molar-refractivity contribution in [1.82, 2.24) is 15.8 Å². The number of piperidine rings is 1. The highest BCUT2D eigenvalue weighted by molar-refractivity contribution is 5.74. The first-order valence-corrected chi connectivity index (χ1v) is 7.55. The monoisotopic (exact) mass is 283 g/mol. The first kappa shape index (κ1) is 15.1. The Hall–Kier alpha value is -1.30. The van der Waals surface area contributed by atoms with Crippen molar-refractivity contribution in [3.63, 3.8) is 0 Å². The third-order valence-corrected chi connectivity index (χ3v) is 4.54. The highest BCUT2D eigenvalue weighted by Crippen LogP contribution is 2.25. The molecule has 3 N–H and O–H groups in total. The van der Waals surface area contributed by atoms with Crippen molar-refractivity contribution in [2.24, 2.45) is 5.92 Å². The Bertz CT molecular complexity index is 365. The predicted octanol–water partition coefficient (Wildman–Crippen LogP) is 1.72. The first-order valence-electron chi connectivity index (χ1n) is 7.55. The van der Waals surface area contributed by atoms with Gasteiger partial charge in [0.15, 0.2) is 0 Å². The second-order valence-electron chi connectivity index (χ2n) is 6.17. The maximum absolute atomic E-state index is 12.0. The van der Waals surface area contributed by atoms with Gasteiger partial charge in [0.2, 0.25) is 0 Å². The molecule has 1 saturated heterocycles. The van der Waals surface area contributed by atoms with Crippen LogP contribution in [0, 0.1) is 5.92 Å². The van der Waals surface area contributed by atoms with Crippen LogP contribution in [0.1, 0.15) is 52.4 Å². The van der Waals surface area contributed by atoms with Gasteiger partial charge in [0.05, 0.1) is 5.92 Å². The Morgan fingerprint density at radius 1 is 1.10 bits per heavy atom. The summed E-state index contributed by atoms with van der Waals surface area (Å²) in [7, 11) is 0. The average molecular weight is 283 g/mol. The normalized spacial score (nSPS) is 34.7. The number of carbonyl (C=O) groups is 2. The van der Waals surface area contributed by atoms with Gasteiger partial charge >= 0.3 is 12.0 Å². The zero-order valence-corrected chi connectivity index (χ0v) is 12.3. The number of amides is 2. The standard InChI is InChI=1S/C14H25N3O3/c1-9-4-3-5-10(2)17(9)16-14(20)15-12-7-6-11(8-12)13(18)19/h9-12H,3-8H2,1-2H3,(H,18,19)(H2,15,16,20)/t9?,10?,11-,12+/m1/s1. The number of aliphatic carboxylic acids is 1. The molecule has 114 valence electrons. The molecule has 2 amide bonds. The van der Waals surface area contributed by atoms with Gasteiger partial charge in [-0.1, -0.05) is 6.42 Å². The summed E-state index contributed by atoms with van der Waals surface area (Å²) in [5.41, 5.74) is 2.93. The molecule has 0 aromatic rings. The van der Waals surface area contributed by atoms with Crippen molar-refractivity contribution < 1.29 is 14.7 Å². The van der Waals surface area contributed by atoms with Crippen LogP contribution in [0.2, 0.25) is 0 Å². The molecule has 2 unspecified atom stereocenters. The summed E-state index contributed by atoms with van der Waals surface area (Å²) in [6, 6.07) is 0.466. The van der Waals surface area contributed by atoms with Crippen molar-refractivity contribution in [3.05, 3.63) is 0 Å².